The predicted molar refractivity (Wildman–Crippen MR) is 67.4 cm³/mol. The van der Waals surface area contributed by atoms with Crippen LogP contribution in [0.15, 0.2) is 30.3 Å². The Hall–Kier alpha value is -0.630. The first-order chi connectivity index (χ1) is 7.90. The number of anilines is 1. The van der Waals surface area contributed by atoms with Crippen molar-refractivity contribution in [1.29, 1.82) is 0 Å². The highest BCUT2D eigenvalue weighted by Crippen LogP contribution is 2.56. The standard InChI is InChI=1S/C12H17N2OP/c1-15-16-13-9-5-8-12(13)10-14(16)11-6-3-2-4-7-11/h2-4,6-7,12H,5,8-10H2,1H3/t12-,16?/m0/s1. The van der Waals surface area contributed by atoms with E-state index in [0.717, 1.165) is 6.54 Å². The molecule has 2 saturated heterocycles. The molecule has 3 rings (SSSR count). The lowest BCUT2D eigenvalue weighted by atomic mass is 10.2. The van der Waals surface area contributed by atoms with Crippen molar-refractivity contribution in [3.05, 3.63) is 30.3 Å². The molecule has 1 aromatic rings. The Morgan fingerprint density at radius 2 is 2.12 bits per heavy atom. The molecule has 1 aromatic carbocycles. The van der Waals surface area contributed by atoms with Crippen molar-refractivity contribution >= 4 is 14.1 Å². The minimum Gasteiger partial charge on any atom is -0.330 e. The summed E-state index contributed by atoms with van der Waals surface area (Å²) in [4.78, 5) is 0. The van der Waals surface area contributed by atoms with Gasteiger partial charge in [-0.1, -0.05) is 18.2 Å². The molecule has 2 aliphatic heterocycles. The first kappa shape index (κ1) is 10.5. The maximum atomic E-state index is 5.71. The molecule has 2 aliphatic rings. The van der Waals surface area contributed by atoms with E-state index in [1.165, 1.54) is 25.1 Å². The molecule has 0 saturated carbocycles. The van der Waals surface area contributed by atoms with Crippen LogP contribution in [-0.4, -0.2) is 30.9 Å². The Bertz CT molecular complexity index is 359. The molecule has 0 bridgehead atoms. The van der Waals surface area contributed by atoms with Crippen molar-refractivity contribution in [3.8, 4) is 0 Å². The molecule has 0 amide bonds. The van der Waals surface area contributed by atoms with Crippen LogP contribution < -0.4 is 4.67 Å². The fraction of sp³-hybridized carbons (Fsp3) is 0.500. The van der Waals surface area contributed by atoms with Crippen LogP contribution in [0, 0.1) is 0 Å². The van der Waals surface area contributed by atoms with E-state index in [9.17, 15) is 0 Å². The first-order valence-electron chi connectivity index (χ1n) is 5.83. The topological polar surface area (TPSA) is 15.7 Å². The second-order valence-electron chi connectivity index (χ2n) is 4.31. The van der Waals surface area contributed by atoms with Gasteiger partial charge >= 0.3 is 0 Å². The normalized spacial score (nSPS) is 29.7. The van der Waals surface area contributed by atoms with E-state index in [1.807, 2.05) is 7.11 Å². The number of hydrogen-bond acceptors (Lipinski definition) is 3. The van der Waals surface area contributed by atoms with Gasteiger partial charge in [0, 0.05) is 31.9 Å². The number of hydrogen-bond donors (Lipinski definition) is 0. The smallest absolute Gasteiger partial charge is 0.218 e. The summed E-state index contributed by atoms with van der Waals surface area (Å²) in [5, 5.41) is 0. The van der Waals surface area contributed by atoms with Gasteiger partial charge in [-0.15, -0.1) is 0 Å². The summed E-state index contributed by atoms with van der Waals surface area (Å²) >= 11 is 0. The molecular weight excluding hydrogens is 219 g/mol. The van der Waals surface area contributed by atoms with Crippen molar-refractivity contribution in [2.45, 2.75) is 18.9 Å². The molecule has 0 N–H and O–H groups in total. The van der Waals surface area contributed by atoms with E-state index in [4.69, 9.17) is 4.52 Å². The van der Waals surface area contributed by atoms with Gasteiger partial charge in [-0.2, -0.15) is 0 Å². The number of nitrogens with zero attached hydrogens (tertiary/aromatic N) is 2. The van der Waals surface area contributed by atoms with Gasteiger partial charge in [-0.25, -0.2) is 4.67 Å². The fourth-order valence-electron chi connectivity index (χ4n) is 2.65. The minimum absolute atomic E-state index is 0.556. The van der Waals surface area contributed by atoms with Gasteiger partial charge in [0.05, 0.1) is 0 Å². The van der Waals surface area contributed by atoms with Gasteiger partial charge in [-0.3, -0.25) is 0 Å². The van der Waals surface area contributed by atoms with E-state index in [1.54, 1.807) is 0 Å². The van der Waals surface area contributed by atoms with Crippen LogP contribution in [0.4, 0.5) is 5.69 Å². The van der Waals surface area contributed by atoms with E-state index in [0.29, 0.717) is 6.04 Å². The van der Waals surface area contributed by atoms with Crippen molar-refractivity contribution in [2.75, 3.05) is 24.9 Å². The lowest BCUT2D eigenvalue weighted by Crippen LogP contribution is -2.20. The monoisotopic (exact) mass is 236 g/mol. The zero-order valence-electron chi connectivity index (χ0n) is 9.54. The number of para-hydroxylation sites is 1. The van der Waals surface area contributed by atoms with E-state index >= 15 is 0 Å². The Kier molecular flexibility index (Phi) is 2.84. The number of fused-ring (bicyclic) bond motifs is 1. The molecule has 0 radical (unpaired) electrons. The van der Waals surface area contributed by atoms with Gasteiger partial charge in [-0.05, 0) is 25.0 Å². The third-order valence-electron chi connectivity index (χ3n) is 3.37. The summed E-state index contributed by atoms with van der Waals surface area (Å²) in [6, 6.07) is 11.3. The maximum Gasteiger partial charge on any atom is 0.218 e. The van der Waals surface area contributed by atoms with E-state index in [-0.39, 0.29) is 0 Å². The molecule has 2 atom stereocenters. The summed E-state index contributed by atoms with van der Waals surface area (Å²) in [7, 11) is 1.28. The van der Waals surface area contributed by atoms with E-state index < -0.39 is 8.45 Å². The molecule has 0 spiro atoms. The summed E-state index contributed by atoms with van der Waals surface area (Å²) in [6.45, 7) is 2.33. The molecular formula is C12H17N2OP. The Morgan fingerprint density at radius 3 is 2.88 bits per heavy atom. The van der Waals surface area contributed by atoms with Crippen molar-refractivity contribution < 1.29 is 4.52 Å². The number of benzene rings is 1. The zero-order chi connectivity index (χ0) is 11.0. The molecule has 2 fully saturated rings. The molecule has 1 unspecified atom stereocenters. The highest BCUT2D eigenvalue weighted by atomic mass is 31.2. The lowest BCUT2D eigenvalue weighted by molar-refractivity contribution is 0.383. The minimum atomic E-state index is -0.556. The second-order valence-corrected chi connectivity index (χ2v) is 6.18. The van der Waals surface area contributed by atoms with Crippen LogP contribution in [0.2, 0.25) is 0 Å². The Balaban J connectivity index is 1.86. The summed E-state index contributed by atoms with van der Waals surface area (Å²) in [5.41, 5.74) is 1.30. The maximum absolute atomic E-state index is 5.71. The van der Waals surface area contributed by atoms with Crippen LogP contribution in [-0.2, 0) is 4.52 Å². The average Bonchev–Trinajstić information content (AvgIpc) is 2.89. The molecule has 3 nitrogen and oxygen atoms in total. The van der Waals surface area contributed by atoms with Crippen LogP contribution in [0.3, 0.4) is 0 Å². The summed E-state index contributed by atoms with van der Waals surface area (Å²) in [5.74, 6) is 0. The molecule has 0 aromatic heterocycles. The van der Waals surface area contributed by atoms with Crippen LogP contribution in [0.1, 0.15) is 12.8 Å². The highest BCUT2D eigenvalue weighted by molar-refractivity contribution is 7.52. The Labute approximate surface area is 97.9 Å². The van der Waals surface area contributed by atoms with Crippen molar-refractivity contribution in [2.24, 2.45) is 0 Å². The van der Waals surface area contributed by atoms with E-state index in [2.05, 4.69) is 39.7 Å². The largest absolute Gasteiger partial charge is 0.330 e. The van der Waals surface area contributed by atoms with Crippen molar-refractivity contribution in [3.63, 3.8) is 0 Å². The van der Waals surface area contributed by atoms with Crippen LogP contribution >= 0.6 is 8.45 Å². The third kappa shape index (κ3) is 1.64. The number of rotatable bonds is 2. The van der Waals surface area contributed by atoms with Crippen molar-refractivity contribution in [1.82, 2.24) is 4.67 Å². The highest BCUT2D eigenvalue weighted by Gasteiger charge is 2.43. The van der Waals surface area contributed by atoms with Gasteiger partial charge in [0.25, 0.3) is 0 Å². The fourth-order valence-corrected chi connectivity index (χ4v) is 4.77. The Morgan fingerprint density at radius 1 is 1.31 bits per heavy atom. The van der Waals surface area contributed by atoms with Crippen LogP contribution in [0.5, 0.6) is 0 Å². The SMILES string of the molecule is COP1N(c2ccccc2)C[C@@H]2CCCN21. The molecule has 4 heteroatoms. The zero-order valence-corrected chi connectivity index (χ0v) is 10.4. The van der Waals surface area contributed by atoms with Gasteiger partial charge in [0.1, 0.15) is 0 Å². The molecule has 0 aliphatic carbocycles. The predicted octanol–water partition coefficient (Wildman–Crippen LogP) is 2.84. The summed E-state index contributed by atoms with van der Waals surface area (Å²) < 4.78 is 10.7. The van der Waals surface area contributed by atoms with Crippen LogP contribution in [0.25, 0.3) is 0 Å². The molecule has 2 heterocycles. The quantitative estimate of drug-likeness (QED) is 0.734. The molecule has 16 heavy (non-hydrogen) atoms. The van der Waals surface area contributed by atoms with Gasteiger partial charge < -0.3 is 9.19 Å². The lowest BCUT2D eigenvalue weighted by Gasteiger charge is -2.27. The van der Waals surface area contributed by atoms with Gasteiger partial charge in [0.15, 0.2) is 0 Å². The second kappa shape index (κ2) is 4.33. The average molecular weight is 236 g/mol. The third-order valence-corrected chi connectivity index (χ3v) is 5.47. The molecule has 86 valence electrons. The van der Waals surface area contributed by atoms with Gasteiger partial charge in [0.2, 0.25) is 8.45 Å². The first-order valence-corrected chi connectivity index (χ1v) is 7.00. The summed E-state index contributed by atoms with van der Waals surface area (Å²) in [6.07, 6.45) is 2.65.